The third-order valence-corrected chi connectivity index (χ3v) is 10.6. The first kappa shape index (κ1) is 49.3. The minimum absolute atomic E-state index is 0. The Labute approximate surface area is 426 Å². The van der Waals surface area contributed by atoms with Crippen LogP contribution in [0.2, 0.25) is 0 Å². The Hall–Kier alpha value is -6.16. The van der Waals surface area contributed by atoms with Crippen LogP contribution in [0.4, 0.5) is 23.0 Å². The second-order valence-electron chi connectivity index (χ2n) is 13.4. The summed E-state index contributed by atoms with van der Waals surface area (Å²) in [5, 5.41) is 6.00. The van der Waals surface area contributed by atoms with Gasteiger partial charge in [0.2, 0.25) is 11.8 Å². The number of anilines is 4. The van der Waals surface area contributed by atoms with E-state index in [0.29, 0.717) is 23.0 Å². The molecular formula is C46H36N6Na2O10S2. The van der Waals surface area contributed by atoms with Crippen LogP contribution in [0.15, 0.2) is 180 Å². The van der Waals surface area contributed by atoms with Gasteiger partial charge in [0.1, 0.15) is 44.4 Å². The van der Waals surface area contributed by atoms with E-state index < -0.39 is 30.0 Å². The van der Waals surface area contributed by atoms with Crippen LogP contribution in [0.25, 0.3) is 12.2 Å². The van der Waals surface area contributed by atoms with Crippen molar-refractivity contribution in [3.05, 3.63) is 181 Å². The first-order valence-electron chi connectivity index (χ1n) is 19.0. The van der Waals surface area contributed by atoms with E-state index >= 15 is 0 Å². The summed E-state index contributed by atoms with van der Waals surface area (Å²) in [6, 6.07) is 46.3. The summed E-state index contributed by atoms with van der Waals surface area (Å²) in [5.41, 5.74) is 0.345. The molecule has 0 atom stereocenters. The summed E-state index contributed by atoms with van der Waals surface area (Å²) < 4.78 is 95.1. The van der Waals surface area contributed by atoms with Crippen LogP contribution in [0, 0.1) is 0 Å². The molecule has 0 saturated heterocycles. The van der Waals surface area contributed by atoms with Crippen LogP contribution in [0.3, 0.4) is 0 Å². The number of aromatic nitrogens is 4. The maximum atomic E-state index is 12.7. The molecule has 0 fully saturated rings. The molecule has 6 aromatic carbocycles. The number of ether oxygens (including phenoxy) is 4. The Morgan fingerprint density at radius 1 is 0.424 bits per heavy atom. The smallest absolute Gasteiger partial charge is 1.00 e. The summed E-state index contributed by atoms with van der Waals surface area (Å²) in [4.78, 5) is 16.5. The average Bonchev–Trinajstić information content (AvgIpc) is 3.27. The summed E-state index contributed by atoms with van der Waals surface area (Å²) in [6.45, 7) is 0. The van der Waals surface area contributed by atoms with Crippen LogP contribution in [-0.4, -0.2) is 45.9 Å². The quantitative estimate of drug-likeness (QED) is 0.0580. The molecule has 0 unspecified atom stereocenters. The zero-order valence-electron chi connectivity index (χ0n) is 37.1. The van der Waals surface area contributed by atoms with Gasteiger partial charge in [0.25, 0.3) is 20.2 Å². The van der Waals surface area contributed by atoms with Gasteiger partial charge in [0.15, 0.2) is 0 Å². The van der Waals surface area contributed by atoms with Crippen molar-refractivity contribution in [1.29, 1.82) is 0 Å². The average molecular weight is 943 g/mol. The normalized spacial score (nSPS) is 11.1. The Kier molecular flexibility index (Phi) is 16.7. The van der Waals surface area contributed by atoms with E-state index in [2.05, 4.69) is 30.6 Å². The van der Waals surface area contributed by atoms with Gasteiger partial charge >= 0.3 is 71.1 Å². The van der Waals surface area contributed by atoms with Gasteiger partial charge in [-0.3, -0.25) is 9.11 Å². The number of benzene rings is 6. The van der Waals surface area contributed by atoms with Crippen molar-refractivity contribution in [1.82, 2.24) is 19.9 Å². The molecule has 4 N–H and O–H groups in total. The second-order valence-corrected chi connectivity index (χ2v) is 16.2. The summed E-state index contributed by atoms with van der Waals surface area (Å²) >= 11 is 0. The van der Waals surface area contributed by atoms with Gasteiger partial charge in [0.05, 0.1) is 0 Å². The molecule has 0 radical (unpaired) electrons. The Bertz CT molecular complexity index is 2860. The molecule has 2 heterocycles. The fourth-order valence-electron chi connectivity index (χ4n) is 5.96. The maximum Gasteiger partial charge on any atom is 1.00 e. The third-order valence-electron chi connectivity index (χ3n) is 8.77. The fourth-order valence-corrected chi connectivity index (χ4v) is 7.38. The largest absolute Gasteiger partial charge is 1.00 e. The molecule has 8 rings (SSSR count). The predicted molar refractivity (Wildman–Crippen MR) is 240 cm³/mol. The van der Waals surface area contributed by atoms with Crippen molar-refractivity contribution in [3.63, 3.8) is 0 Å². The minimum Gasteiger partial charge on any atom is -1.00 e. The second kappa shape index (κ2) is 22.4. The van der Waals surface area contributed by atoms with Crippen molar-refractivity contribution in [2.75, 3.05) is 10.6 Å². The van der Waals surface area contributed by atoms with E-state index in [1.165, 1.54) is 48.6 Å². The molecule has 0 amide bonds. The molecule has 0 bridgehead atoms. The van der Waals surface area contributed by atoms with E-state index in [1.54, 1.807) is 97.1 Å². The molecule has 16 nitrogen and oxygen atoms in total. The number of rotatable bonds is 16. The monoisotopic (exact) mass is 942 g/mol. The third kappa shape index (κ3) is 13.7. The number of nitrogens with one attached hydrogen (secondary N) is 2. The van der Waals surface area contributed by atoms with Gasteiger partial charge < -0.3 is 32.4 Å². The topological polar surface area (TPSA) is 221 Å². The molecule has 0 aliphatic rings. The number of hydrogen-bond acceptors (Lipinski definition) is 14. The van der Waals surface area contributed by atoms with Crippen molar-refractivity contribution < 1.29 is 107 Å². The molecule has 20 heteroatoms. The van der Waals surface area contributed by atoms with Crippen LogP contribution in [0.1, 0.15) is 14.0 Å². The van der Waals surface area contributed by atoms with Crippen molar-refractivity contribution >= 4 is 55.4 Å². The molecule has 0 aliphatic carbocycles. The van der Waals surface area contributed by atoms with Crippen molar-refractivity contribution in [2.24, 2.45) is 0 Å². The number of hydrogen-bond donors (Lipinski definition) is 4. The summed E-state index contributed by atoms with van der Waals surface area (Å²) in [5.74, 6) is 2.42. The molecule has 0 spiro atoms. The van der Waals surface area contributed by atoms with E-state index in [4.69, 9.17) is 18.9 Å². The fraction of sp³-hybridized carbons (Fsp3) is 0. The molecule has 0 aliphatic heterocycles. The predicted octanol–water partition coefficient (Wildman–Crippen LogP) is 4.82. The Morgan fingerprint density at radius 3 is 1.06 bits per heavy atom. The minimum atomic E-state index is -4.86. The Balaban J connectivity index is 0.00000252. The molecule has 66 heavy (non-hydrogen) atoms. The first-order chi connectivity index (χ1) is 30.9. The van der Waals surface area contributed by atoms with Gasteiger partial charge in [-0.2, -0.15) is 36.8 Å². The summed E-state index contributed by atoms with van der Waals surface area (Å²) in [6.07, 6.45) is 2.55. The molecule has 2 aromatic heterocycles. The van der Waals surface area contributed by atoms with Gasteiger partial charge in [-0.05, 0) is 83.9 Å². The van der Waals surface area contributed by atoms with Crippen molar-refractivity contribution in [3.8, 4) is 46.8 Å². The molecular weight excluding hydrogens is 907 g/mol. The van der Waals surface area contributed by atoms with Crippen LogP contribution >= 0.6 is 0 Å². The summed E-state index contributed by atoms with van der Waals surface area (Å²) in [7, 11) is -9.72. The van der Waals surface area contributed by atoms with E-state index in [1.807, 2.05) is 24.3 Å². The zero-order valence-corrected chi connectivity index (χ0v) is 40.7. The van der Waals surface area contributed by atoms with E-state index in [9.17, 15) is 25.9 Å². The zero-order chi connectivity index (χ0) is 44.5. The van der Waals surface area contributed by atoms with E-state index in [-0.39, 0.29) is 120 Å². The van der Waals surface area contributed by atoms with Gasteiger partial charge in [-0.1, -0.05) is 97.1 Å². The van der Waals surface area contributed by atoms with Crippen LogP contribution in [-0.2, 0) is 20.2 Å². The molecule has 324 valence electrons. The number of nitrogens with zero attached hydrogens (tertiary/aromatic N) is 4. The maximum absolute atomic E-state index is 12.7. The van der Waals surface area contributed by atoms with Gasteiger partial charge in [-0.15, -0.1) is 0 Å². The number of para-hydroxylation sites is 4. The molecule has 0 saturated carbocycles. The first-order valence-corrected chi connectivity index (χ1v) is 21.9. The van der Waals surface area contributed by atoms with Crippen molar-refractivity contribution in [2.45, 2.75) is 9.79 Å². The van der Waals surface area contributed by atoms with Gasteiger partial charge in [0, 0.05) is 23.5 Å². The SMILES string of the molecule is O=S(=O)(O)c1cc(Nc2cc(Oc3ccccc3)nc(Oc3ccccc3)n2)ccc1C=Cc1ccc(Nc2cc(Oc3ccccc3)nc(Oc3ccccc3)n2)cc1S(=O)(=O)O.[H-].[H-].[Na+].[Na+]. The van der Waals surface area contributed by atoms with Gasteiger partial charge in [-0.25, -0.2) is 0 Å². The molecule has 8 aromatic rings. The van der Waals surface area contributed by atoms with Crippen LogP contribution in [0.5, 0.6) is 46.8 Å². The Morgan fingerprint density at radius 2 is 0.742 bits per heavy atom. The van der Waals surface area contributed by atoms with E-state index in [0.717, 1.165) is 12.1 Å². The van der Waals surface area contributed by atoms with Crippen LogP contribution < -0.4 is 88.7 Å². The standard InChI is InChI=1S/C46H34N6O10S2.2Na.2H/c53-63(54,55)39-27-33(47-41-29-43(59-35-13-5-1-6-14-35)51-45(49-41)61-37-17-9-3-10-18-37)25-23-31(39)21-22-32-24-26-34(28-40(32)64(56,57)58)48-42-30-44(60-36-15-7-2-8-16-36)52-46(50-42)62-38-19-11-4-12-20-38;;;;/h1-30H,(H,47,49,51)(H,48,50,52)(H,53,54,55)(H,56,57,58);;;;/q;2*+1;2*-1.